The molecule has 0 spiro atoms. The predicted molar refractivity (Wildman–Crippen MR) is 92.1 cm³/mol. The van der Waals surface area contributed by atoms with Crippen LogP contribution in [0.5, 0.6) is 5.88 Å². The minimum atomic E-state index is 0.0197. The maximum atomic E-state index is 12.2. The van der Waals surface area contributed by atoms with Crippen LogP contribution in [0.3, 0.4) is 0 Å². The number of nitrogens with zero attached hydrogens (tertiary/aromatic N) is 2. The first kappa shape index (κ1) is 16.5. The van der Waals surface area contributed by atoms with Gasteiger partial charge in [-0.05, 0) is 55.7 Å². The summed E-state index contributed by atoms with van der Waals surface area (Å²) in [5, 5.41) is 13.9. The van der Waals surface area contributed by atoms with Gasteiger partial charge in [0.15, 0.2) is 0 Å². The average Bonchev–Trinajstić information content (AvgIpc) is 3.04. The number of carbonyl (C=O) groups excluding carboxylic acids is 1. The number of hydrogen-bond acceptors (Lipinski definition) is 5. The summed E-state index contributed by atoms with van der Waals surface area (Å²) in [7, 11) is 0. The Bertz CT molecular complexity index is 740. The van der Waals surface area contributed by atoms with Gasteiger partial charge in [-0.2, -0.15) is 5.26 Å². The van der Waals surface area contributed by atoms with Crippen LogP contribution in [0.2, 0.25) is 0 Å². The lowest BCUT2D eigenvalue weighted by Gasteiger charge is -2.29. The van der Waals surface area contributed by atoms with Crippen molar-refractivity contribution in [2.24, 2.45) is 0 Å². The van der Waals surface area contributed by atoms with Gasteiger partial charge >= 0.3 is 0 Å². The molecule has 1 aliphatic carbocycles. The van der Waals surface area contributed by atoms with Crippen LogP contribution in [0.4, 0.5) is 0 Å². The zero-order valence-electron chi connectivity index (χ0n) is 13.5. The standard InChI is InChI=1S/C18H19N3O2S/c1-12-8-16(24-11-12)18(22)21-14-3-5-15(6-4-14)23-17-7-2-13(9-19)10-20-17/h2,7-8,10-11,14-15H,3-6H2,1H3,(H,21,22). The van der Waals surface area contributed by atoms with Crippen LogP contribution in [0, 0.1) is 18.3 Å². The summed E-state index contributed by atoms with van der Waals surface area (Å²) in [6.07, 6.45) is 5.20. The van der Waals surface area contributed by atoms with E-state index >= 15 is 0 Å². The molecule has 1 amide bonds. The molecule has 2 heterocycles. The molecule has 0 atom stereocenters. The van der Waals surface area contributed by atoms with Crippen molar-refractivity contribution in [1.82, 2.24) is 10.3 Å². The normalized spacial score (nSPS) is 20.2. The second-order valence-corrected chi connectivity index (χ2v) is 6.96. The fraction of sp³-hybridized carbons (Fsp3) is 0.389. The highest BCUT2D eigenvalue weighted by atomic mass is 32.1. The Hall–Kier alpha value is -2.39. The van der Waals surface area contributed by atoms with Gasteiger partial charge in [-0.3, -0.25) is 4.79 Å². The molecule has 1 fully saturated rings. The van der Waals surface area contributed by atoms with Crippen molar-refractivity contribution in [3.63, 3.8) is 0 Å². The minimum absolute atomic E-state index is 0.0197. The van der Waals surface area contributed by atoms with E-state index in [4.69, 9.17) is 10.00 Å². The van der Waals surface area contributed by atoms with Crippen LogP contribution in [-0.4, -0.2) is 23.0 Å². The van der Waals surface area contributed by atoms with Gasteiger partial charge in [0.05, 0.1) is 10.4 Å². The van der Waals surface area contributed by atoms with E-state index in [-0.39, 0.29) is 18.1 Å². The van der Waals surface area contributed by atoms with Crippen molar-refractivity contribution in [2.45, 2.75) is 44.8 Å². The Morgan fingerprint density at radius 2 is 2.17 bits per heavy atom. The zero-order chi connectivity index (χ0) is 16.9. The second-order valence-electron chi connectivity index (χ2n) is 6.05. The number of aryl methyl sites for hydroxylation is 1. The topological polar surface area (TPSA) is 75.0 Å². The first-order valence-electron chi connectivity index (χ1n) is 8.03. The number of hydrogen-bond donors (Lipinski definition) is 1. The quantitative estimate of drug-likeness (QED) is 0.924. The molecular formula is C18H19N3O2S. The highest BCUT2D eigenvalue weighted by molar-refractivity contribution is 7.12. The molecule has 0 unspecified atom stereocenters. The maximum Gasteiger partial charge on any atom is 0.261 e. The van der Waals surface area contributed by atoms with Gasteiger partial charge < -0.3 is 10.1 Å². The Labute approximate surface area is 145 Å². The summed E-state index contributed by atoms with van der Waals surface area (Å²) in [5.74, 6) is 0.571. The number of amides is 1. The molecule has 24 heavy (non-hydrogen) atoms. The minimum Gasteiger partial charge on any atom is -0.474 e. The molecule has 2 aromatic rings. The lowest BCUT2D eigenvalue weighted by molar-refractivity contribution is 0.0894. The Morgan fingerprint density at radius 1 is 1.38 bits per heavy atom. The van der Waals surface area contributed by atoms with Crippen molar-refractivity contribution in [2.75, 3.05) is 0 Å². The fourth-order valence-corrected chi connectivity index (χ4v) is 3.62. The molecule has 5 nitrogen and oxygen atoms in total. The third kappa shape index (κ3) is 4.12. The van der Waals surface area contributed by atoms with Crippen molar-refractivity contribution in [1.29, 1.82) is 5.26 Å². The number of nitrogens with one attached hydrogen (secondary N) is 1. The van der Waals surface area contributed by atoms with Crippen molar-refractivity contribution < 1.29 is 9.53 Å². The molecule has 1 N–H and O–H groups in total. The number of carbonyl (C=O) groups is 1. The van der Waals surface area contributed by atoms with E-state index in [0.717, 1.165) is 36.1 Å². The van der Waals surface area contributed by atoms with E-state index in [1.54, 1.807) is 12.1 Å². The number of nitriles is 1. The lowest BCUT2D eigenvalue weighted by atomic mass is 9.93. The van der Waals surface area contributed by atoms with Gasteiger partial charge in [-0.15, -0.1) is 11.3 Å². The summed E-state index contributed by atoms with van der Waals surface area (Å²) >= 11 is 1.48. The van der Waals surface area contributed by atoms with E-state index in [9.17, 15) is 4.79 Å². The van der Waals surface area contributed by atoms with Crippen LogP contribution in [0.15, 0.2) is 29.8 Å². The monoisotopic (exact) mass is 341 g/mol. The third-order valence-corrected chi connectivity index (χ3v) is 5.16. The fourth-order valence-electron chi connectivity index (χ4n) is 2.82. The smallest absolute Gasteiger partial charge is 0.261 e. The van der Waals surface area contributed by atoms with E-state index in [1.807, 2.05) is 24.4 Å². The molecule has 2 aromatic heterocycles. The molecule has 3 rings (SSSR count). The van der Waals surface area contributed by atoms with Gasteiger partial charge in [-0.25, -0.2) is 4.98 Å². The molecule has 6 heteroatoms. The first-order chi connectivity index (χ1) is 11.6. The molecule has 1 aliphatic rings. The van der Waals surface area contributed by atoms with Crippen LogP contribution in [0.1, 0.15) is 46.5 Å². The first-order valence-corrected chi connectivity index (χ1v) is 8.91. The van der Waals surface area contributed by atoms with Crippen molar-refractivity contribution >= 4 is 17.2 Å². The second kappa shape index (κ2) is 7.45. The molecule has 0 aromatic carbocycles. The third-order valence-electron chi connectivity index (χ3n) is 4.12. The molecule has 124 valence electrons. The largest absolute Gasteiger partial charge is 0.474 e. The maximum absolute atomic E-state index is 12.2. The highest BCUT2D eigenvalue weighted by Gasteiger charge is 2.24. The predicted octanol–water partition coefficient (Wildman–Crippen LogP) is 3.44. The molecule has 0 saturated heterocycles. The number of pyridine rings is 1. The molecule has 0 radical (unpaired) electrons. The van der Waals surface area contributed by atoms with E-state index in [2.05, 4.69) is 10.3 Å². The number of ether oxygens (including phenoxy) is 1. The van der Waals surface area contributed by atoms with E-state index in [0.29, 0.717) is 11.4 Å². The van der Waals surface area contributed by atoms with Gasteiger partial charge in [0, 0.05) is 18.3 Å². The highest BCUT2D eigenvalue weighted by Crippen LogP contribution is 2.24. The van der Waals surface area contributed by atoms with Crippen LogP contribution < -0.4 is 10.1 Å². The van der Waals surface area contributed by atoms with E-state index < -0.39 is 0 Å². The van der Waals surface area contributed by atoms with Gasteiger partial charge in [0.25, 0.3) is 5.91 Å². The Morgan fingerprint density at radius 3 is 2.75 bits per heavy atom. The molecule has 1 saturated carbocycles. The number of thiophene rings is 1. The molecular weight excluding hydrogens is 322 g/mol. The summed E-state index contributed by atoms with van der Waals surface area (Å²) in [6.45, 7) is 1.99. The summed E-state index contributed by atoms with van der Waals surface area (Å²) < 4.78 is 5.86. The van der Waals surface area contributed by atoms with E-state index in [1.165, 1.54) is 17.5 Å². The van der Waals surface area contributed by atoms with Crippen LogP contribution in [-0.2, 0) is 0 Å². The number of aromatic nitrogens is 1. The Kier molecular flexibility index (Phi) is 5.11. The van der Waals surface area contributed by atoms with Crippen LogP contribution in [0.25, 0.3) is 0 Å². The SMILES string of the molecule is Cc1csc(C(=O)NC2CCC(Oc3ccc(C#N)cn3)CC2)c1. The average molecular weight is 341 g/mol. The summed E-state index contributed by atoms with van der Waals surface area (Å²) in [4.78, 5) is 17.1. The summed E-state index contributed by atoms with van der Waals surface area (Å²) in [5.41, 5.74) is 1.65. The van der Waals surface area contributed by atoms with Crippen molar-refractivity contribution in [3.05, 3.63) is 45.8 Å². The number of rotatable bonds is 4. The molecule has 0 bridgehead atoms. The van der Waals surface area contributed by atoms with Crippen LogP contribution >= 0.6 is 11.3 Å². The molecule has 0 aliphatic heterocycles. The lowest BCUT2D eigenvalue weighted by Crippen LogP contribution is -2.39. The summed E-state index contributed by atoms with van der Waals surface area (Å²) in [6, 6.07) is 7.60. The van der Waals surface area contributed by atoms with Gasteiger partial charge in [0.1, 0.15) is 12.2 Å². The van der Waals surface area contributed by atoms with Gasteiger partial charge in [0.2, 0.25) is 5.88 Å². The van der Waals surface area contributed by atoms with Crippen molar-refractivity contribution in [3.8, 4) is 11.9 Å². The van der Waals surface area contributed by atoms with Gasteiger partial charge in [-0.1, -0.05) is 0 Å². The Balaban J connectivity index is 1.47. The zero-order valence-corrected chi connectivity index (χ0v) is 14.3.